The third kappa shape index (κ3) is 58.1. The number of hydrogen-bond acceptors (Lipinski definition) is 5. The summed E-state index contributed by atoms with van der Waals surface area (Å²) >= 11 is 0. The third-order valence-electron chi connectivity index (χ3n) is 15.9. The second-order valence-corrected chi connectivity index (χ2v) is 23.2. The number of esters is 1. The third-order valence-corrected chi connectivity index (χ3v) is 15.9. The van der Waals surface area contributed by atoms with Crippen molar-refractivity contribution >= 4 is 11.9 Å². The van der Waals surface area contributed by atoms with Gasteiger partial charge in [-0.05, 0) is 25.7 Å². The SMILES string of the molecule is CCCCCCCCCCCCCCCCCCCC(O)C(CO)NC(=O)CCCCCCCCCCCCCCCCCCCCCCCCCCCCCOC(=O)CCCCCCCCCCCCC. The zero-order valence-corrected chi connectivity index (χ0v) is 49.2. The second-order valence-electron chi connectivity index (χ2n) is 23.2. The number of aliphatic hydroxyl groups excluding tert-OH is 2. The zero-order valence-electron chi connectivity index (χ0n) is 49.2. The van der Waals surface area contributed by atoms with Gasteiger partial charge in [0, 0.05) is 12.8 Å². The Morgan fingerprint density at radius 3 is 0.847 bits per heavy atom. The van der Waals surface area contributed by atoms with Crippen molar-refractivity contribution in [2.24, 2.45) is 0 Å². The van der Waals surface area contributed by atoms with E-state index in [1.54, 1.807) is 0 Å². The molecule has 3 N–H and O–H groups in total. The molecule has 0 aliphatic rings. The van der Waals surface area contributed by atoms with Crippen LogP contribution in [0.5, 0.6) is 0 Å². The average Bonchev–Trinajstić information content (AvgIpc) is 3.38. The highest BCUT2D eigenvalue weighted by molar-refractivity contribution is 5.76. The van der Waals surface area contributed by atoms with Gasteiger partial charge in [-0.15, -0.1) is 0 Å². The molecule has 2 atom stereocenters. The number of unbranched alkanes of at least 4 members (excludes halogenated alkanes) is 52. The largest absolute Gasteiger partial charge is 0.466 e. The van der Waals surface area contributed by atoms with E-state index in [1.807, 2.05) is 0 Å². The minimum Gasteiger partial charge on any atom is -0.466 e. The first-order valence-corrected chi connectivity index (χ1v) is 33.3. The summed E-state index contributed by atoms with van der Waals surface area (Å²) < 4.78 is 5.47. The molecule has 0 saturated heterocycles. The van der Waals surface area contributed by atoms with Crippen LogP contribution in [0.3, 0.4) is 0 Å². The molecular weight excluding hydrogens is 887 g/mol. The first-order chi connectivity index (χ1) is 35.5. The Balaban J connectivity index is 3.34. The molecule has 6 nitrogen and oxygen atoms in total. The Labute approximate surface area is 451 Å². The predicted octanol–water partition coefficient (Wildman–Crippen LogP) is 21.0. The highest BCUT2D eigenvalue weighted by Crippen LogP contribution is 2.19. The maximum Gasteiger partial charge on any atom is 0.305 e. The van der Waals surface area contributed by atoms with E-state index < -0.39 is 12.1 Å². The molecule has 0 aromatic rings. The average molecular weight is 1020 g/mol. The standard InChI is InChI=1S/C66H131NO5/c1-3-5-7-9-11-13-15-16-17-29-32-35-39-42-46-50-54-58-64(69)63(62-68)67-65(70)59-55-51-47-43-40-36-33-30-27-25-23-21-19-18-20-22-24-26-28-31-34-37-41-45-49-53-57-61-72-66(71)60-56-52-48-44-38-14-12-10-8-6-4-2/h63-64,68-69H,3-62H2,1-2H3,(H,67,70). The van der Waals surface area contributed by atoms with E-state index in [1.165, 1.54) is 315 Å². The van der Waals surface area contributed by atoms with Gasteiger partial charge in [0.05, 0.1) is 25.4 Å². The smallest absolute Gasteiger partial charge is 0.305 e. The molecule has 1 amide bonds. The quantitative estimate of drug-likeness (QED) is 0.0417. The minimum atomic E-state index is -0.661. The van der Waals surface area contributed by atoms with Gasteiger partial charge in [0.1, 0.15) is 0 Å². The second kappa shape index (κ2) is 62.4. The summed E-state index contributed by atoms with van der Waals surface area (Å²) in [6, 6.07) is -0.538. The molecule has 0 aromatic heterocycles. The normalized spacial score (nSPS) is 12.4. The number of aliphatic hydroxyl groups is 2. The molecule has 0 saturated carbocycles. The fourth-order valence-corrected chi connectivity index (χ4v) is 10.8. The molecule has 0 fully saturated rings. The number of rotatable bonds is 63. The Morgan fingerprint density at radius 1 is 0.333 bits per heavy atom. The van der Waals surface area contributed by atoms with Crippen molar-refractivity contribution in [3.63, 3.8) is 0 Å². The zero-order chi connectivity index (χ0) is 52.2. The summed E-state index contributed by atoms with van der Waals surface area (Å²) in [7, 11) is 0. The molecule has 0 radical (unpaired) electrons. The number of amides is 1. The lowest BCUT2D eigenvalue weighted by atomic mass is 10.0. The van der Waals surface area contributed by atoms with Crippen LogP contribution < -0.4 is 5.32 Å². The van der Waals surface area contributed by atoms with Gasteiger partial charge in [0.15, 0.2) is 0 Å². The summed E-state index contributed by atoms with van der Waals surface area (Å²) in [5, 5.41) is 23.4. The molecule has 0 aliphatic heterocycles. The highest BCUT2D eigenvalue weighted by Gasteiger charge is 2.20. The van der Waals surface area contributed by atoms with Crippen molar-refractivity contribution in [3.8, 4) is 0 Å². The van der Waals surface area contributed by atoms with Crippen molar-refractivity contribution in [2.75, 3.05) is 13.2 Å². The topological polar surface area (TPSA) is 95.9 Å². The van der Waals surface area contributed by atoms with Gasteiger partial charge in [0.2, 0.25) is 5.91 Å². The number of ether oxygens (including phenoxy) is 1. The molecule has 0 heterocycles. The van der Waals surface area contributed by atoms with E-state index in [4.69, 9.17) is 4.74 Å². The lowest BCUT2D eigenvalue weighted by Crippen LogP contribution is -2.45. The number of nitrogens with one attached hydrogen (secondary N) is 1. The van der Waals surface area contributed by atoms with Crippen LogP contribution in [0, 0.1) is 0 Å². The first kappa shape index (κ1) is 70.9. The Morgan fingerprint density at radius 2 is 0.569 bits per heavy atom. The van der Waals surface area contributed by atoms with Gasteiger partial charge in [-0.3, -0.25) is 9.59 Å². The predicted molar refractivity (Wildman–Crippen MR) is 315 cm³/mol. The van der Waals surface area contributed by atoms with E-state index in [9.17, 15) is 19.8 Å². The van der Waals surface area contributed by atoms with Crippen LogP contribution in [0.2, 0.25) is 0 Å². The summed E-state index contributed by atoms with van der Waals surface area (Å²) in [6.45, 7) is 4.99. The van der Waals surface area contributed by atoms with Crippen LogP contribution in [-0.2, 0) is 14.3 Å². The number of carbonyl (C=O) groups excluding carboxylic acids is 2. The lowest BCUT2D eigenvalue weighted by Gasteiger charge is -2.22. The van der Waals surface area contributed by atoms with E-state index in [-0.39, 0.29) is 18.5 Å². The summed E-state index contributed by atoms with van der Waals surface area (Å²) in [5.41, 5.74) is 0. The summed E-state index contributed by atoms with van der Waals surface area (Å²) in [6.07, 6.45) is 74.2. The Kier molecular flexibility index (Phi) is 61.4. The van der Waals surface area contributed by atoms with Crippen LogP contribution >= 0.6 is 0 Å². The van der Waals surface area contributed by atoms with Crippen molar-refractivity contribution in [1.82, 2.24) is 5.32 Å². The van der Waals surface area contributed by atoms with Crippen LogP contribution in [0.1, 0.15) is 386 Å². The molecular formula is C66H131NO5. The summed E-state index contributed by atoms with van der Waals surface area (Å²) in [4.78, 5) is 24.5. The van der Waals surface area contributed by atoms with E-state index in [0.717, 1.165) is 38.5 Å². The Hall–Kier alpha value is -1.14. The fraction of sp³-hybridized carbons (Fsp3) is 0.970. The van der Waals surface area contributed by atoms with Crippen LogP contribution in [0.25, 0.3) is 0 Å². The van der Waals surface area contributed by atoms with Crippen molar-refractivity contribution in [2.45, 2.75) is 398 Å². The molecule has 0 spiro atoms. The van der Waals surface area contributed by atoms with Crippen LogP contribution in [-0.4, -0.2) is 47.4 Å². The van der Waals surface area contributed by atoms with Gasteiger partial charge in [-0.1, -0.05) is 348 Å². The molecule has 72 heavy (non-hydrogen) atoms. The van der Waals surface area contributed by atoms with Gasteiger partial charge in [-0.25, -0.2) is 0 Å². The molecule has 430 valence electrons. The summed E-state index contributed by atoms with van der Waals surface area (Å²) in [5.74, 6) is -0.00930. The molecule has 0 rings (SSSR count). The number of hydrogen-bond donors (Lipinski definition) is 3. The lowest BCUT2D eigenvalue weighted by molar-refractivity contribution is -0.143. The van der Waals surface area contributed by atoms with Gasteiger partial charge in [-0.2, -0.15) is 0 Å². The van der Waals surface area contributed by atoms with Gasteiger partial charge < -0.3 is 20.3 Å². The first-order valence-electron chi connectivity index (χ1n) is 33.3. The maximum absolute atomic E-state index is 12.5. The maximum atomic E-state index is 12.5. The molecule has 2 unspecified atom stereocenters. The minimum absolute atomic E-state index is 0.0188. The van der Waals surface area contributed by atoms with Crippen molar-refractivity contribution in [3.05, 3.63) is 0 Å². The monoisotopic (exact) mass is 1020 g/mol. The highest BCUT2D eigenvalue weighted by atomic mass is 16.5. The van der Waals surface area contributed by atoms with E-state index >= 15 is 0 Å². The Bertz CT molecular complexity index is 1040. The van der Waals surface area contributed by atoms with Crippen LogP contribution in [0.4, 0.5) is 0 Å². The molecule has 6 heteroatoms. The van der Waals surface area contributed by atoms with Crippen molar-refractivity contribution in [1.29, 1.82) is 0 Å². The van der Waals surface area contributed by atoms with Crippen molar-refractivity contribution < 1.29 is 24.5 Å². The van der Waals surface area contributed by atoms with E-state index in [0.29, 0.717) is 25.9 Å². The molecule has 0 aromatic carbocycles. The van der Waals surface area contributed by atoms with E-state index in [2.05, 4.69) is 19.2 Å². The number of carbonyl (C=O) groups is 2. The van der Waals surface area contributed by atoms with Crippen LogP contribution in [0.15, 0.2) is 0 Å². The fourth-order valence-electron chi connectivity index (χ4n) is 10.8. The molecule has 0 aliphatic carbocycles. The van der Waals surface area contributed by atoms with Gasteiger partial charge >= 0.3 is 5.97 Å². The van der Waals surface area contributed by atoms with Gasteiger partial charge in [0.25, 0.3) is 0 Å². The molecule has 0 bridgehead atoms.